The predicted molar refractivity (Wildman–Crippen MR) is 82.1 cm³/mol. The Kier molecular flexibility index (Phi) is 4.21. The van der Waals surface area contributed by atoms with Gasteiger partial charge in [0.15, 0.2) is 0 Å². The van der Waals surface area contributed by atoms with Gasteiger partial charge in [-0.2, -0.15) is 0 Å². The van der Waals surface area contributed by atoms with Gasteiger partial charge in [-0.15, -0.1) is 6.58 Å². The fourth-order valence-corrected chi connectivity index (χ4v) is 2.96. The number of hydrogen-bond acceptors (Lipinski definition) is 3. The van der Waals surface area contributed by atoms with Gasteiger partial charge in [-0.05, 0) is 23.5 Å². The first kappa shape index (κ1) is 15.7. The Morgan fingerprint density at radius 1 is 1.48 bits per heavy atom. The van der Waals surface area contributed by atoms with Gasteiger partial charge in [0, 0.05) is 0 Å². The molecule has 1 aliphatic heterocycles. The Labute approximate surface area is 125 Å². The van der Waals surface area contributed by atoms with Crippen molar-refractivity contribution in [3.63, 3.8) is 0 Å². The van der Waals surface area contributed by atoms with Gasteiger partial charge < -0.3 is 15.6 Å². The van der Waals surface area contributed by atoms with Crippen molar-refractivity contribution in [1.82, 2.24) is 0 Å². The average molecular weight is 289 g/mol. The van der Waals surface area contributed by atoms with Crippen LogP contribution >= 0.6 is 0 Å². The number of rotatable bonds is 6. The molecule has 3 N–H and O–H groups in total. The lowest BCUT2D eigenvalue weighted by Crippen LogP contribution is -2.54. The number of carboxylic acids is 1. The van der Waals surface area contributed by atoms with Gasteiger partial charge in [0.2, 0.25) is 0 Å². The van der Waals surface area contributed by atoms with Crippen LogP contribution in [-0.4, -0.2) is 24.3 Å². The van der Waals surface area contributed by atoms with Crippen LogP contribution in [0, 0.1) is 5.92 Å². The van der Waals surface area contributed by atoms with E-state index in [0.717, 1.165) is 11.1 Å². The fourth-order valence-electron chi connectivity index (χ4n) is 2.96. The topological polar surface area (TPSA) is 72.5 Å². The average Bonchev–Trinajstić information content (AvgIpc) is 2.41. The third-order valence-corrected chi connectivity index (χ3v) is 4.53. The molecule has 0 amide bonds. The second kappa shape index (κ2) is 5.62. The summed E-state index contributed by atoms with van der Waals surface area (Å²) in [6, 6.07) is 7.59. The molecule has 4 nitrogen and oxygen atoms in total. The first-order valence-corrected chi connectivity index (χ1v) is 7.19. The summed E-state index contributed by atoms with van der Waals surface area (Å²) in [5.41, 5.74) is 6.60. The summed E-state index contributed by atoms with van der Waals surface area (Å²) in [7, 11) is 0. The summed E-state index contributed by atoms with van der Waals surface area (Å²) in [5.74, 6) is -0.864. The maximum absolute atomic E-state index is 11.9. The number of hydrogen-bond donors (Lipinski definition) is 2. The number of ether oxygens (including phenoxy) is 1. The minimum atomic E-state index is -0.946. The minimum Gasteiger partial charge on any atom is -0.481 e. The zero-order valence-corrected chi connectivity index (χ0v) is 12.6. The summed E-state index contributed by atoms with van der Waals surface area (Å²) in [6.45, 7) is 8.58. The molecule has 1 fully saturated rings. The molecule has 114 valence electrons. The summed E-state index contributed by atoms with van der Waals surface area (Å²) < 4.78 is 5.17. The van der Waals surface area contributed by atoms with Crippen LogP contribution in [0.3, 0.4) is 0 Å². The highest BCUT2D eigenvalue weighted by Gasteiger charge is 2.43. The van der Waals surface area contributed by atoms with E-state index >= 15 is 0 Å². The Morgan fingerprint density at radius 2 is 2.05 bits per heavy atom. The molecule has 0 spiro atoms. The van der Waals surface area contributed by atoms with Crippen molar-refractivity contribution in [2.24, 2.45) is 11.7 Å². The Hall–Kier alpha value is -1.65. The quantitative estimate of drug-likeness (QED) is 0.789. The maximum Gasteiger partial charge on any atom is 0.314 e. The van der Waals surface area contributed by atoms with Gasteiger partial charge in [0.25, 0.3) is 0 Å². The van der Waals surface area contributed by atoms with Crippen molar-refractivity contribution in [1.29, 1.82) is 0 Å². The number of carbonyl (C=O) groups is 1. The number of allylic oxidation sites excluding steroid dienone is 1. The molecule has 1 saturated heterocycles. The summed E-state index contributed by atoms with van der Waals surface area (Å²) in [4.78, 5) is 11.9. The molecule has 4 heteroatoms. The first-order chi connectivity index (χ1) is 9.86. The number of carboxylic acid groups (broad SMARTS) is 1. The van der Waals surface area contributed by atoms with Crippen LogP contribution < -0.4 is 5.73 Å². The smallest absolute Gasteiger partial charge is 0.314 e. The van der Waals surface area contributed by atoms with Crippen molar-refractivity contribution in [2.75, 3.05) is 13.2 Å². The van der Waals surface area contributed by atoms with Crippen LogP contribution in [0.15, 0.2) is 36.9 Å². The molecule has 0 aromatic heterocycles. The van der Waals surface area contributed by atoms with Crippen LogP contribution in [0.1, 0.15) is 31.4 Å². The summed E-state index contributed by atoms with van der Waals surface area (Å²) in [5, 5.41) is 9.77. The van der Waals surface area contributed by atoms with Crippen LogP contribution in [0.2, 0.25) is 0 Å². The molecule has 0 bridgehead atoms. The second-order valence-electron chi connectivity index (χ2n) is 6.15. The van der Waals surface area contributed by atoms with Gasteiger partial charge in [-0.3, -0.25) is 4.79 Å². The first-order valence-electron chi connectivity index (χ1n) is 7.19. The Bertz CT molecular complexity index is 531. The van der Waals surface area contributed by atoms with E-state index < -0.39 is 16.9 Å². The molecule has 0 saturated carbocycles. The molecule has 1 aromatic rings. The van der Waals surface area contributed by atoms with Crippen molar-refractivity contribution >= 4 is 5.97 Å². The fraction of sp³-hybridized carbons (Fsp3) is 0.471. The molecular weight excluding hydrogens is 266 g/mol. The molecule has 1 heterocycles. The Balaban J connectivity index is 2.41. The molecular formula is C17H23NO3. The third-order valence-electron chi connectivity index (χ3n) is 4.53. The number of benzene rings is 1. The van der Waals surface area contributed by atoms with Gasteiger partial charge in [-0.1, -0.05) is 44.2 Å². The van der Waals surface area contributed by atoms with E-state index in [4.69, 9.17) is 10.5 Å². The van der Waals surface area contributed by atoms with E-state index in [1.165, 1.54) is 0 Å². The van der Waals surface area contributed by atoms with Crippen molar-refractivity contribution in [3.8, 4) is 0 Å². The van der Waals surface area contributed by atoms with E-state index in [1.54, 1.807) is 6.08 Å². The minimum absolute atomic E-state index is 0.0438. The second-order valence-corrected chi connectivity index (χ2v) is 6.15. The predicted octanol–water partition coefficient (Wildman–Crippen LogP) is 2.43. The molecule has 2 rings (SSSR count). The van der Waals surface area contributed by atoms with E-state index in [1.807, 2.05) is 38.1 Å². The van der Waals surface area contributed by atoms with Gasteiger partial charge in [-0.25, -0.2) is 0 Å². The Morgan fingerprint density at radius 3 is 2.38 bits per heavy atom. The monoisotopic (exact) mass is 289 g/mol. The zero-order valence-electron chi connectivity index (χ0n) is 12.6. The highest BCUT2D eigenvalue weighted by molar-refractivity contribution is 5.82. The van der Waals surface area contributed by atoms with Crippen molar-refractivity contribution in [3.05, 3.63) is 48.0 Å². The lowest BCUT2D eigenvalue weighted by atomic mass is 9.69. The molecule has 0 aliphatic carbocycles. The van der Waals surface area contributed by atoms with E-state index in [9.17, 15) is 9.90 Å². The van der Waals surface area contributed by atoms with E-state index in [2.05, 4.69) is 6.58 Å². The number of aliphatic carboxylic acids is 1. The largest absolute Gasteiger partial charge is 0.481 e. The lowest BCUT2D eigenvalue weighted by molar-refractivity contribution is -0.145. The third kappa shape index (κ3) is 2.49. The molecule has 1 unspecified atom stereocenters. The molecule has 1 aliphatic rings. The van der Waals surface area contributed by atoms with Crippen molar-refractivity contribution < 1.29 is 14.6 Å². The maximum atomic E-state index is 11.9. The summed E-state index contributed by atoms with van der Waals surface area (Å²) >= 11 is 0. The highest BCUT2D eigenvalue weighted by atomic mass is 16.5. The normalized spacial score (nSPS) is 19.6. The molecule has 1 atom stereocenters. The van der Waals surface area contributed by atoms with Gasteiger partial charge in [0.05, 0.1) is 24.2 Å². The molecule has 1 aromatic carbocycles. The molecule has 0 radical (unpaired) electrons. The molecule has 21 heavy (non-hydrogen) atoms. The zero-order chi connectivity index (χ0) is 15.7. The van der Waals surface area contributed by atoms with Gasteiger partial charge in [0.1, 0.15) is 0 Å². The van der Waals surface area contributed by atoms with Crippen LogP contribution in [0.4, 0.5) is 0 Å². The van der Waals surface area contributed by atoms with E-state index in [-0.39, 0.29) is 5.92 Å². The lowest BCUT2D eigenvalue weighted by Gasteiger charge is -2.39. The number of nitrogens with two attached hydrogens (primary N) is 1. The standard InChI is InChI=1S/C17H23NO3/c1-4-9-17(12(2)3,15(19)20)14-7-5-13(6-8-14)16(18)10-21-11-16/h4-8,12H,1,9-11,18H2,2-3H3,(H,19,20). The summed E-state index contributed by atoms with van der Waals surface area (Å²) in [6.07, 6.45) is 2.07. The van der Waals surface area contributed by atoms with Gasteiger partial charge >= 0.3 is 5.97 Å². The highest BCUT2D eigenvalue weighted by Crippen LogP contribution is 2.38. The van der Waals surface area contributed by atoms with Crippen LogP contribution in [0.5, 0.6) is 0 Å². The van der Waals surface area contributed by atoms with E-state index in [0.29, 0.717) is 19.6 Å². The van der Waals surface area contributed by atoms with Crippen LogP contribution in [0.25, 0.3) is 0 Å². The van der Waals surface area contributed by atoms with Crippen molar-refractivity contribution in [2.45, 2.75) is 31.2 Å². The van der Waals surface area contributed by atoms with Crippen LogP contribution in [-0.2, 0) is 20.5 Å². The SMILES string of the molecule is C=CCC(C(=O)O)(c1ccc(C2(N)COC2)cc1)C(C)C.